The van der Waals surface area contributed by atoms with Crippen LogP contribution in [0.25, 0.3) is 0 Å². The van der Waals surface area contributed by atoms with Crippen LogP contribution in [0.3, 0.4) is 0 Å². The molecule has 0 fully saturated rings. The van der Waals surface area contributed by atoms with E-state index in [9.17, 15) is 5.11 Å². The summed E-state index contributed by atoms with van der Waals surface area (Å²) < 4.78 is 0. The molecule has 1 aliphatic rings. The summed E-state index contributed by atoms with van der Waals surface area (Å²) >= 11 is 0. The average Bonchev–Trinajstić information content (AvgIpc) is 1.80. The number of hydrogen-bond donors (Lipinski definition) is 1. The van der Waals surface area contributed by atoms with E-state index in [0.29, 0.717) is 5.92 Å². The van der Waals surface area contributed by atoms with Gasteiger partial charge in [0, 0.05) is 19.5 Å². The van der Waals surface area contributed by atoms with E-state index in [1.54, 1.807) is 0 Å². The molecular formula is C7H13NO. The zero-order valence-corrected chi connectivity index (χ0v) is 5.91. The van der Waals surface area contributed by atoms with Gasteiger partial charge in [0.25, 0.3) is 0 Å². The van der Waals surface area contributed by atoms with Crippen LogP contribution in [0.4, 0.5) is 0 Å². The molecule has 2 atom stereocenters. The van der Waals surface area contributed by atoms with Crippen LogP contribution in [-0.4, -0.2) is 29.7 Å². The van der Waals surface area contributed by atoms with Gasteiger partial charge in [0.05, 0.1) is 6.10 Å². The highest BCUT2D eigenvalue weighted by molar-refractivity contribution is 4.95. The van der Waals surface area contributed by atoms with Gasteiger partial charge in [0.1, 0.15) is 0 Å². The monoisotopic (exact) mass is 127 g/mol. The van der Waals surface area contributed by atoms with E-state index < -0.39 is 0 Å². The van der Waals surface area contributed by atoms with Crippen molar-refractivity contribution in [3.63, 3.8) is 0 Å². The Bertz CT molecular complexity index is 122. The summed E-state index contributed by atoms with van der Waals surface area (Å²) in [4.78, 5) is 1.99. The van der Waals surface area contributed by atoms with Crippen LogP contribution in [0.2, 0.25) is 0 Å². The molecule has 0 aromatic heterocycles. The van der Waals surface area contributed by atoms with Gasteiger partial charge < -0.3 is 10.0 Å². The molecule has 2 unspecified atom stereocenters. The highest BCUT2D eigenvalue weighted by Gasteiger charge is 2.15. The zero-order chi connectivity index (χ0) is 6.85. The van der Waals surface area contributed by atoms with E-state index in [0.717, 1.165) is 6.54 Å². The van der Waals surface area contributed by atoms with Crippen LogP contribution in [0.1, 0.15) is 6.92 Å². The normalized spacial score (nSPS) is 35.2. The molecule has 0 aromatic carbocycles. The van der Waals surface area contributed by atoms with E-state index in [-0.39, 0.29) is 6.10 Å². The molecule has 0 aliphatic carbocycles. The van der Waals surface area contributed by atoms with Crippen molar-refractivity contribution in [1.82, 2.24) is 4.90 Å². The van der Waals surface area contributed by atoms with Crippen LogP contribution < -0.4 is 0 Å². The van der Waals surface area contributed by atoms with Gasteiger partial charge in [0.15, 0.2) is 0 Å². The summed E-state index contributed by atoms with van der Waals surface area (Å²) in [5.74, 6) is 0.321. The van der Waals surface area contributed by atoms with Gasteiger partial charge in [-0.3, -0.25) is 0 Å². The van der Waals surface area contributed by atoms with Crippen LogP contribution in [0.15, 0.2) is 12.3 Å². The van der Waals surface area contributed by atoms with Gasteiger partial charge in [0.2, 0.25) is 0 Å². The number of rotatable bonds is 0. The van der Waals surface area contributed by atoms with Crippen LogP contribution in [-0.2, 0) is 0 Å². The lowest BCUT2D eigenvalue weighted by atomic mass is 10.0. The number of aliphatic hydroxyl groups excluding tert-OH is 1. The third kappa shape index (κ3) is 1.45. The standard InChI is InChI=1S/C7H13NO/c1-6-3-4-8(2)5-7(6)9/h3-4,6-7,9H,5H2,1-2H3. The van der Waals surface area contributed by atoms with Crippen molar-refractivity contribution in [2.45, 2.75) is 13.0 Å². The van der Waals surface area contributed by atoms with E-state index in [1.165, 1.54) is 0 Å². The molecular weight excluding hydrogens is 114 g/mol. The summed E-state index contributed by atoms with van der Waals surface area (Å²) in [6.45, 7) is 2.78. The molecule has 1 heterocycles. The van der Waals surface area contributed by atoms with Crippen molar-refractivity contribution in [3.05, 3.63) is 12.3 Å². The maximum atomic E-state index is 9.26. The van der Waals surface area contributed by atoms with Crippen LogP contribution in [0.5, 0.6) is 0 Å². The molecule has 2 nitrogen and oxygen atoms in total. The molecule has 0 radical (unpaired) electrons. The van der Waals surface area contributed by atoms with E-state index in [4.69, 9.17) is 0 Å². The molecule has 1 rings (SSSR count). The first-order valence-electron chi connectivity index (χ1n) is 3.27. The summed E-state index contributed by atoms with van der Waals surface area (Å²) in [7, 11) is 1.96. The number of likely N-dealkylation sites (N-methyl/N-ethyl adjacent to an activating group) is 1. The smallest absolute Gasteiger partial charge is 0.0775 e. The summed E-state index contributed by atoms with van der Waals surface area (Å²) in [5.41, 5.74) is 0. The number of aliphatic hydroxyl groups is 1. The second-order valence-electron chi connectivity index (χ2n) is 2.71. The van der Waals surface area contributed by atoms with Gasteiger partial charge in [-0.2, -0.15) is 0 Å². The molecule has 0 aromatic rings. The number of β-amino-alcohol motifs (C(OH)–C–C–N with tert-alkyl or cyclic N) is 1. The third-order valence-corrected chi connectivity index (χ3v) is 1.73. The molecule has 0 saturated carbocycles. The minimum atomic E-state index is -0.181. The molecule has 1 aliphatic heterocycles. The van der Waals surface area contributed by atoms with E-state index in [1.807, 2.05) is 31.1 Å². The predicted octanol–water partition coefficient (Wildman–Crippen LogP) is 0.443. The molecule has 9 heavy (non-hydrogen) atoms. The predicted molar refractivity (Wildman–Crippen MR) is 36.9 cm³/mol. The first kappa shape index (κ1) is 6.62. The topological polar surface area (TPSA) is 23.5 Å². The Balaban J connectivity index is 2.54. The van der Waals surface area contributed by atoms with Crippen LogP contribution >= 0.6 is 0 Å². The van der Waals surface area contributed by atoms with E-state index in [2.05, 4.69) is 0 Å². The molecule has 0 amide bonds. The van der Waals surface area contributed by atoms with Gasteiger partial charge in [-0.15, -0.1) is 0 Å². The van der Waals surface area contributed by atoms with Crippen LogP contribution in [0, 0.1) is 5.92 Å². The zero-order valence-electron chi connectivity index (χ0n) is 5.91. The summed E-state index contributed by atoms with van der Waals surface area (Å²) in [6.07, 6.45) is 3.85. The fourth-order valence-electron chi connectivity index (χ4n) is 0.933. The van der Waals surface area contributed by atoms with Crippen molar-refractivity contribution in [2.75, 3.05) is 13.6 Å². The quantitative estimate of drug-likeness (QED) is 0.510. The number of hydrogen-bond acceptors (Lipinski definition) is 2. The molecule has 52 valence electrons. The second-order valence-corrected chi connectivity index (χ2v) is 2.71. The molecule has 0 saturated heterocycles. The summed E-state index contributed by atoms with van der Waals surface area (Å²) in [6, 6.07) is 0. The molecule has 0 spiro atoms. The van der Waals surface area contributed by atoms with Gasteiger partial charge >= 0.3 is 0 Å². The minimum absolute atomic E-state index is 0.181. The Hall–Kier alpha value is -0.500. The Morgan fingerprint density at radius 1 is 1.67 bits per heavy atom. The first-order chi connectivity index (χ1) is 4.20. The maximum Gasteiger partial charge on any atom is 0.0775 e. The number of nitrogens with zero attached hydrogens (tertiary/aromatic N) is 1. The Labute approximate surface area is 55.8 Å². The Morgan fingerprint density at radius 3 is 2.78 bits per heavy atom. The Kier molecular flexibility index (Phi) is 1.76. The molecule has 0 bridgehead atoms. The lowest BCUT2D eigenvalue weighted by Crippen LogP contribution is -2.33. The lowest BCUT2D eigenvalue weighted by molar-refractivity contribution is 0.0999. The highest BCUT2D eigenvalue weighted by atomic mass is 16.3. The molecule has 2 heteroatoms. The van der Waals surface area contributed by atoms with Gasteiger partial charge in [-0.05, 0) is 6.20 Å². The maximum absolute atomic E-state index is 9.26. The largest absolute Gasteiger partial charge is 0.391 e. The highest BCUT2D eigenvalue weighted by Crippen LogP contribution is 2.11. The fourth-order valence-corrected chi connectivity index (χ4v) is 0.933. The van der Waals surface area contributed by atoms with Crippen molar-refractivity contribution < 1.29 is 5.11 Å². The fraction of sp³-hybridized carbons (Fsp3) is 0.714. The summed E-state index contributed by atoms with van der Waals surface area (Å²) in [5, 5.41) is 9.26. The van der Waals surface area contributed by atoms with Crippen molar-refractivity contribution in [1.29, 1.82) is 0 Å². The van der Waals surface area contributed by atoms with Gasteiger partial charge in [-0.25, -0.2) is 0 Å². The minimum Gasteiger partial charge on any atom is -0.391 e. The van der Waals surface area contributed by atoms with Crippen molar-refractivity contribution in [2.24, 2.45) is 5.92 Å². The third-order valence-electron chi connectivity index (χ3n) is 1.73. The van der Waals surface area contributed by atoms with Crippen molar-refractivity contribution in [3.8, 4) is 0 Å². The molecule has 1 N–H and O–H groups in total. The van der Waals surface area contributed by atoms with Crippen molar-refractivity contribution >= 4 is 0 Å². The Morgan fingerprint density at radius 2 is 2.33 bits per heavy atom. The average molecular weight is 127 g/mol. The van der Waals surface area contributed by atoms with E-state index >= 15 is 0 Å². The lowest BCUT2D eigenvalue weighted by Gasteiger charge is -2.26. The SMILES string of the molecule is CC1C=CN(C)CC1O. The van der Waals surface area contributed by atoms with Gasteiger partial charge in [-0.1, -0.05) is 13.0 Å². The first-order valence-corrected chi connectivity index (χ1v) is 3.27. The second kappa shape index (κ2) is 2.40.